The molecule has 0 saturated heterocycles. The van der Waals surface area contributed by atoms with E-state index in [9.17, 15) is 15.0 Å². The first-order valence-electron chi connectivity index (χ1n) is 11.2. The summed E-state index contributed by atoms with van der Waals surface area (Å²) < 4.78 is 6.03. The third kappa shape index (κ3) is 4.17. The van der Waals surface area contributed by atoms with Crippen molar-refractivity contribution in [1.82, 2.24) is 0 Å². The van der Waals surface area contributed by atoms with Crippen LogP contribution >= 0.6 is 0 Å². The number of aliphatic hydroxyl groups is 2. The number of carboxylic acids is 1. The zero-order valence-electron chi connectivity index (χ0n) is 17.5. The minimum atomic E-state index is -0.777. The van der Waals surface area contributed by atoms with Crippen LogP contribution in [0.4, 0.5) is 0 Å². The third-order valence-electron chi connectivity index (χ3n) is 7.90. The molecule has 6 atom stereocenters. The number of carboxylic acid groups (broad SMARTS) is 1. The Labute approximate surface area is 169 Å². The molecule has 3 saturated carbocycles. The zero-order valence-corrected chi connectivity index (χ0v) is 17.5. The fraction of sp³-hybridized carbons (Fsp3) is 0.870. The maximum absolute atomic E-state index is 10.9. The normalized spacial score (nSPS) is 38.6. The smallest absolute Gasteiger partial charge is 0.303 e. The van der Waals surface area contributed by atoms with Crippen molar-refractivity contribution in [2.24, 2.45) is 23.7 Å². The summed E-state index contributed by atoms with van der Waals surface area (Å²) >= 11 is 0. The van der Waals surface area contributed by atoms with Crippen LogP contribution in [0.15, 0.2) is 11.6 Å². The van der Waals surface area contributed by atoms with Gasteiger partial charge in [-0.25, -0.2) is 0 Å². The van der Waals surface area contributed by atoms with Crippen LogP contribution in [-0.4, -0.2) is 46.2 Å². The van der Waals surface area contributed by atoms with Gasteiger partial charge in [-0.2, -0.15) is 0 Å². The SMILES string of the molecule is CO[C@@]12CC[C@H](O)[C@@H](CCC(O)C3CCCCC3)[C@@H]1C(C)C2=CCCC(=O)O. The summed E-state index contributed by atoms with van der Waals surface area (Å²) in [6.07, 6.45) is 11.2. The summed E-state index contributed by atoms with van der Waals surface area (Å²) in [7, 11) is 1.75. The molecule has 0 aromatic rings. The number of aliphatic hydroxyl groups excluding tert-OH is 2. The van der Waals surface area contributed by atoms with Crippen LogP contribution in [0.1, 0.15) is 77.6 Å². The number of allylic oxidation sites excluding steroid dienone is 1. The molecular weight excluding hydrogens is 356 g/mol. The highest BCUT2D eigenvalue weighted by Crippen LogP contribution is 2.61. The predicted molar refractivity (Wildman–Crippen MR) is 108 cm³/mol. The van der Waals surface area contributed by atoms with Gasteiger partial charge in [-0.15, -0.1) is 0 Å². The second-order valence-corrected chi connectivity index (χ2v) is 9.31. The van der Waals surface area contributed by atoms with Crippen LogP contribution in [0.5, 0.6) is 0 Å². The van der Waals surface area contributed by atoms with Gasteiger partial charge in [-0.3, -0.25) is 4.79 Å². The van der Waals surface area contributed by atoms with E-state index in [4.69, 9.17) is 9.84 Å². The second-order valence-electron chi connectivity index (χ2n) is 9.31. The summed E-state index contributed by atoms with van der Waals surface area (Å²) in [5, 5.41) is 30.4. The molecule has 0 amide bonds. The van der Waals surface area contributed by atoms with Crippen LogP contribution in [-0.2, 0) is 9.53 Å². The molecule has 0 aromatic carbocycles. The Morgan fingerprint density at radius 3 is 2.64 bits per heavy atom. The van der Waals surface area contributed by atoms with E-state index in [1.807, 2.05) is 0 Å². The molecule has 0 aliphatic heterocycles. The number of rotatable bonds is 8. The lowest BCUT2D eigenvalue weighted by molar-refractivity contribution is -0.178. The maximum Gasteiger partial charge on any atom is 0.303 e. The van der Waals surface area contributed by atoms with E-state index in [2.05, 4.69) is 13.0 Å². The fourth-order valence-electron chi connectivity index (χ4n) is 6.48. The van der Waals surface area contributed by atoms with Gasteiger partial charge in [0.2, 0.25) is 0 Å². The summed E-state index contributed by atoms with van der Waals surface area (Å²) in [4.78, 5) is 10.9. The van der Waals surface area contributed by atoms with Gasteiger partial charge in [0, 0.05) is 19.4 Å². The van der Waals surface area contributed by atoms with Crippen molar-refractivity contribution in [2.75, 3.05) is 7.11 Å². The van der Waals surface area contributed by atoms with E-state index < -0.39 is 5.97 Å². The average molecular weight is 395 g/mol. The number of fused-ring (bicyclic) bond motifs is 1. The van der Waals surface area contributed by atoms with Gasteiger partial charge >= 0.3 is 5.97 Å². The Morgan fingerprint density at radius 1 is 1.29 bits per heavy atom. The van der Waals surface area contributed by atoms with Crippen molar-refractivity contribution >= 4 is 5.97 Å². The molecule has 3 N–H and O–H groups in total. The molecule has 28 heavy (non-hydrogen) atoms. The number of hydrogen-bond acceptors (Lipinski definition) is 4. The quantitative estimate of drug-likeness (QED) is 0.543. The van der Waals surface area contributed by atoms with Gasteiger partial charge in [0.25, 0.3) is 0 Å². The van der Waals surface area contributed by atoms with Crippen LogP contribution < -0.4 is 0 Å². The molecule has 3 aliphatic carbocycles. The largest absolute Gasteiger partial charge is 0.481 e. The highest BCUT2D eigenvalue weighted by Gasteiger charge is 2.62. The van der Waals surface area contributed by atoms with Gasteiger partial charge in [-0.05, 0) is 68.3 Å². The van der Waals surface area contributed by atoms with E-state index >= 15 is 0 Å². The first-order valence-corrected chi connectivity index (χ1v) is 11.2. The molecule has 5 nitrogen and oxygen atoms in total. The fourth-order valence-corrected chi connectivity index (χ4v) is 6.48. The summed E-state index contributed by atoms with van der Waals surface area (Å²) in [5.41, 5.74) is 0.864. The number of carbonyl (C=O) groups is 1. The number of hydrogen-bond donors (Lipinski definition) is 3. The minimum Gasteiger partial charge on any atom is -0.481 e. The summed E-state index contributed by atoms with van der Waals surface area (Å²) in [6, 6.07) is 0. The Hall–Kier alpha value is -0.910. The average Bonchev–Trinajstić information content (AvgIpc) is 2.70. The number of aliphatic carboxylic acids is 1. The summed E-state index contributed by atoms with van der Waals surface area (Å²) in [5.74, 6) is 0.322. The lowest BCUT2D eigenvalue weighted by Crippen LogP contribution is -2.64. The second kappa shape index (κ2) is 9.27. The van der Waals surface area contributed by atoms with Gasteiger partial charge in [0.15, 0.2) is 0 Å². The lowest BCUT2D eigenvalue weighted by Gasteiger charge is -2.62. The van der Waals surface area contributed by atoms with Crippen molar-refractivity contribution in [3.8, 4) is 0 Å². The number of ether oxygens (including phenoxy) is 1. The van der Waals surface area contributed by atoms with Gasteiger partial charge in [-0.1, -0.05) is 32.3 Å². The van der Waals surface area contributed by atoms with Crippen molar-refractivity contribution < 1.29 is 24.9 Å². The lowest BCUT2D eigenvalue weighted by atomic mass is 9.47. The first-order chi connectivity index (χ1) is 13.4. The Bertz CT molecular complexity index is 567. The van der Waals surface area contributed by atoms with Crippen LogP contribution in [0.3, 0.4) is 0 Å². The minimum absolute atomic E-state index is 0.138. The Balaban J connectivity index is 1.66. The standard InChI is InChI=1S/C23H38O5/c1-15-18(9-6-10-21(26)27)23(28-2)14-13-20(25)17(22(15)23)11-12-19(24)16-7-4-3-5-8-16/h9,15-17,19-20,22,24-25H,3-8,10-14H2,1-2H3,(H,26,27)/t15?,17-,19?,20+,22+,23-/m1/s1. The zero-order chi connectivity index (χ0) is 20.3. The molecule has 3 aliphatic rings. The van der Waals surface area contributed by atoms with Gasteiger partial charge in [0.05, 0.1) is 17.8 Å². The Morgan fingerprint density at radius 2 is 2.00 bits per heavy atom. The van der Waals surface area contributed by atoms with E-state index in [1.165, 1.54) is 24.8 Å². The molecule has 2 unspecified atom stereocenters. The summed E-state index contributed by atoms with van der Waals surface area (Å²) in [6.45, 7) is 2.18. The highest BCUT2D eigenvalue weighted by atomic mass is 16.5. The molecule has 5 heteroatoms. The van der Waals surface area contributed by atoms with Crippen LogP contribution in [0, 0.1) is 23.7 Å². The van der Waals surface area contributed by atoms with Crippen molar-refractivity contribution in [3.05, 3.63) is 11.6 Å². The monoisotopic (exact) mass is 394 g/mol. The van der Waals surface area contributed by atoms with Gasteiger partial charge < -0.3 is 20.1 Å². The molecule has 0 spiro atoms. The molecule has 3 rings (SSSR count). The van der Waals surface area contributed by atoms with E-state index in [1.54, 1.807) is 7.11 Å². The van der Waals surface area contributed by atoms with Crippen molar-refractivity contribution in [2.45, 2.75) is 95.4 Å². The van der Waals surface area contributed by atoms with Gasteiger partial charge in [0.1, 0.15) is 0 Å². The first kappa shape index (κ1) is 21.8. The van der Waals surface area contributed by atoms with E-state index in [-0.39, 0.29) is 36.1 Å². The van der Waals surface area contributed by atoms with Crippen LogP contribution in [0.2, 0.25) is 0 Å². The molecule has 3 fully saturated rings. The molecule has 0 aromatic heterocycles. The highest BCUT2D eigenvalue weighted by molar-refractivity contribution is 5.66. The molecular formula is C23H38O5. The topological polar surface area (TPSA) is 87.0 Å². The third-order valence-corrected chi connectivity index (χ3v) is 7.90. The van der Waals surface area contributed by atoms with E-state index in [0.29, 0.717) is 24.7 Å². The molecule has 0 heterocycles. The van der Waals surface area contributed by atoms with Crippen LogP contribution in [0.25, 0.3) is 0 Å². The van der Waals surface area contributed by atoms with E-state index in [0.717, 1.165) is 32.1 Å². The predicted octanol–water partition coefficient (Wildman–Crippen LogP) is 3.92. The molecule has 0 bridgehead atoms. The van der Waals surface area contributed by atoms with Crippen molar-refractivity contribution in [1.29, 1.82) is 0 Å². The van der Waals surface area contributed by atoms with Crippen molar-refractivity contribution in [3.63, 3.8) is 0 Å². The maximum atomic E-state index is 10.9. The Kier molecular flexibility index (Phi) is 7.21. The molecule has 160 valence electrons. The molecule has 0 radical (unpaired) electrons. The number of methoxy groups -OCH3 is 1.